The third-order valence-electron chi connectivity index (χ3n) is 4.02. The molecular weight excluding hydrogens is 228 g/mol. The Balaban J connectivity index is 2.32. The smallest absolute Gasteiger partial charge is 0.239 e. The molecule has 1 unspecified atom stereocenters. The summed E-state index contributed by atoms with van der Waals surface area (Å²) >= 11 is 0. The Bertz CT molecular complexity index is 261. The molecule has 1 saturated carbocycles. The van der Waals surface area contributed by atoms with Crippen molar-refractivity contribution in [3.63, 3.8) is 0 Å². The average molecular weight is 256 g/mol. The highest BCUT2D eigenvalue weighted by Crippen LogP contribution is 2.48. The van der Waals surface area contributed by atoms with Crippen LogP contribution in [0.1, 0.15) is 40.0 Å². The molecule has 106 valence electrons. The highest BCUT2D eigenvalue weighted by atomic mass is 16.5. The molecule has 0 aliphatic heterocycles. The van der Waals surface area contributed by atoms with Crippen molar-refractivity contribution in [2.24, 2.45) is 5.41 Å². The maximum Gasteiger partial charge on any atom is 0.239 e. The lowest BCUT2D eigenvalue weighted by atomic mass is 10.0. The van der Waals surface area contributed by atoms with Crippen LogP contribution in [0, 0.1) is 5.41 Å². The number of carbonyl (C=O) groups is 1. The molecule has 0 aromatic rings. The maximum atomic E-state index is 12.1. The van der Waals surface area contributed by atoms with Gasteiger partial charge in [-0.05, 0) is 45.4 Å². The number of nitrogens with zero attached hydrogens (tertiary/aromatic N) is 1. The molecule has 1 fully saturated rings. The minimum Gasteiger partial charge on any atom is -0.385 e. The van der Waals surface area contributed by atoms with Crippen LogP contribution in [0.3, 0.4) is 0 Å². The molecule has 0 radical (unpaired) electrons. The van der Waals surface area contributed by atoms with Gasteiger partial charge >= 0.3 is 0 Å². The zero-order valence-electron chi connectivity index (χ0n) is 12.3. The Morgan fingerprint density at radius 1 is 1.39 bits per heavy atom. The van der Waals surface area contributed by atoms with Gasteiger partial charge in [0.25, 0.3) is 0 Å². The van der Waals surface area contributed by atoms with E-state index in [2.05, 4.69) is 5.32 Å². The first kappa shape index (κ1) is 15.4. The SMILES string of the molecule is CCN(CC)C(=O)C(C)NCC1(CCOC)CC1. The summed E-state index contributed by atoms with van der Waals surface area (Å²) in [4.78, 5) is 14.0. The van der Waals surface area contributed by atoms with Gasteiger partial charge in [0.15, 0.2) is 0 Å². The summed E-state index contributed by atoms with van der Waals surface area (Å²) in [5.74, 6) is 0.211. The molecule has 0 saturated heterocycles. The lowest BCUT2D eigenvalue weighted by Gasteiger charge is -2.25. The number of nitrogens with one attached hydrogen (secondary N) is 1. The van der Waals surface area contributed by atoms with Crippen molar-refractivity contribution in [1.82, 2.24) is 10.2 Å². The van der Waals surface area contributed by atoms with E-state index in [-0.39, 0.29) is 11.9 Å². The summed E-state index contributed by atoms with van der Waals surface area (Å²) < 4.78 is 5.14. The lowest BCUT2D eigenvalue weighted by Crippen LogP contribution is -2.46. The zero-order valence-corrected chi connectivity index (χ0v) is 12.3. The third kappa shape index (κ3) is 4.25. The molecule has 1 aliphatic carbocycles. The second-order valence-corrected chi connectivity index (χ2v) is 5.36. The fourth-order valence-corrected chi connectivity index (χ4v) is 2.28. The van der Waals surface area contributed by atoms with E-state index in [0.29, 0.717) is 5.41 Å². The molecule has 0 heterocycles. The Morgan fingerprint density at radius 2 is 2.00 bits per heavy atom. The fourth-order valence-electron chi connectivity index (χ4n) is 2.28. The van der Waals surface area contributed by atoms with Crippen molar-refractivity contribution in [2.45, 2.75) is 46.1 Å². The Labute approximate surface area is 111 Å². The van der Waals surface area contributed by atoms with Crippen LogP contribution in [0.15, 0.2) is 0 Å². The minimum absolute atomic E-state index is 0.0788. The lowest BCUT2D eigenvalue weighted by molar-refractivity contribution is -0.132. The summed E-state index contributed by atoms with van der Waals surface area (Å²) in [6.45, 7) is 9.34. The molecule has 4 nitrogen and oxygen atoms in total. The number of ether oxygens (including phenoxy) is 1. The van der Waals surface area contributed by atoms with E-state index in [1.165, 1.54) is 12.8 Å². The molecule has 0 aromatic heterocycles. The molecule has 1 rings (SSSR count). The van der Waals surface area contributed by atoms with Crippen molar-refractivity contribution in [3.8, 4) is 0 Å². The zero-order chi connectivity index (χ0) is 13.6. The number of hydrogen-bond donors (Lipinski definition) is 1. The van der Waals surface area contributed by atoms with Crippen LogP contribution in [-0.2, 0) is 9.53 Å². The normalized spacial score (nSPS) is 18.4. The maximum absolute atomic E-state index is 12.1. The predicted octanol–water partition coefficient (Wildman–Crippen LogP) is 1.65. The van der Waals surface area contributed by atoms with E-state index < -0.39 is 0 Å². The number of rotatable bonds is 9. The van der Waals surface area contributed by atoms with Crippen LogP contribution in [0.4, 0.5) is 0 Å². The second kappa shape index (κ2) is 7.10. The average Bonchev–Trinajstić information content (AvgIpc) is 3.15. The van der Waals surface area contributed by atoms with Crippen molar-refractivity contribution in [2.75, 3.05) is 33.4 Å². The summed E-state index contributed by atoms with van der Waals surface area (Å²) in [6.07, 6.45) is 3.62. The van der Waals surface area contributed by atoms with Crippen LogP contribution in [-0.4, -0.2) is 50.2 Å². The van der Waals surface area contributed by atoms with Crippen LogP contribution in [0.5, 0.6) is 0 Å². The first-order valence-corrected chi connectivity index (χ1v) is 7.09. The van der Waals surface area contributed by atoms with Gasteiger partial charge in [-0.3, -0.25) is 4.79 Å². The Kier molecular flexibility index (Phi) is 6.09. The van der Waals surface area contributed by atoms with Crippen molar-refractivity contribution >= 4 is 5.91 Å². The number of amides is 1. The molecular formula is C14H28N2O2. The molecule has 0 spiro atoms. The predicted molar refractivity (Wildman–Crippen MR) is 73.6 cm³/mol. The van der Waals surface area contributed by atoms with Gasteiger partial charge < -0.3 is 15.0 Å². The molecule has 1 aliphatic rings. The minimum atomic E-state index is -0.0788. The van der Waals surface area contributed by atoms with Crippen LogP contribution < -0.4 is 5.32 Å². The van der Waals surface area contributed by atoms with Gasteiger partial charge in [-0.1, -0.05) is 0 Å². The van der Waals surface area contributed by atoms with Crippen molar-refractivity contribution in [1.29, 1.82) is 0 Å². The highest BCUT2D eigenvalue weighted by molar-refractivity contribution is 5.81. The Hall–Kier alpha value is -0.610. The Morgan fingerprint density at radius 3 is 2.44 bits per heavy atom. The fraction of sp³-hybridized carbons (Fsp3) is 0.929. The van der Waals surface area contributed by atoms with E-state index in [1.807, 2.05) is 25.7 Å². The number of methoxy groups -OCH3 is 1. The molecule has 0 bridgehead atoms. The van der Waals surface area contributed by atoms with E-state index in [4.69, 9.17) is 4.74 Å². The number of carbonyl (C=O) groups excluding carboxylic acids is 1. The van der Waals surface area contributed by atoms with Gasteiger partial charge in [-0.2, -0.15) is 0 Å². The van der Waals surface area contributed by atoms with Gasteiger partial charge in [0.05, 0.1) is 6.04 Å². The van der Waals surface area contributed by atoms with E-state index in [1.54, 1.807) is 7.11 Å². The monoisotopic (exact) mass is 256 g/mol. The molecule has 0 aromatic carbocycles. The molecule has 4 heteroatoms. The van der Waals surface area contributed by atoms with Crippen molar-refractivity contribution < 1.29 is 9.53 Å². The summed E-state index contributed by atoms with van der Waals surface area (Å²) in [7, 11) is 1.75. The number of likely N-dealkylation sites (N-methyl/N-ethyl adjacent to an activating group) is 1. The first-order valence-electron chi connectivity index (χ1n) is 7.09. The molecule has 18 heavy (non-hydrogen) atoms. The van der Waals surface area contributed by atoms with E-state index in [9.17, 15) is 4.79 Å². The summed E-state index contributed by atoms with van der Waals surface area (Å²) in [5.41, 5.74) is 0.397. The van der Waals surface area contributed by atoms with E-state index >= 15 is 0 Å². The summed E-state index contributed by atoms with van der Waals surface area (Å²) in [6, 6.07) is -0.0788. The third-order valence-corrected chi connectivity index (χ3v) is 4.02. The van der Waals surface area contributed by atoms with Gasteiger partial charge in [0, 0.05) is 33.4 Å². The number of hydrogen-bond acceptors (Lipinski definition) is 3. The molecule has 1 atom stereocenters. The van der Waals surface area contributed by atoms with Gasteiger partial charge in [-0.25, -0.2) is 0 Å². The van der Waals surface area contributed by atoms with Gasteiger partial charge in [-0.15, -0.1) is 0 Å². The second-order valence-electron chi connectivity index (χ2n) is 5.36. The van der Waals surface area contributed by atoms with Gasteiger partial charge in [0.1, 0.15) is 0 Å². The quantitative estimate of drug-likeness (QED) is 0.682. The van der Waals surface area contributed by atoms with Gasteiger partial charge in [0.2, 0.25) is 5.91 Å². The van der Waals surface area contributed by atoms with E-state index in [0.717, 1.165) is 32.7 Å². The largest absolute Gasteiger partial charge is 0.385 e. The molecule has 1 N–H and O–H groups in total. The van der Waals surface area contributed by atoms with Crippen LogP contribution in [0.25, 0.3) is 0 Å². The van der Waals surface area contributed by atoms with Crippen molar-refractivity contribution in [3.05, 3.63) is 0 Å². The van der Waals surface area contributed by atoms with Crippen LogP contribution >= 0.6 is 0 Å². The topological polar surface area (TPSA) is 41.6 Å². The highest BCUT2D eigenvalue weighted by Gasteiger charge is 2.42. The standard InChI is InChI=1S/C14H28N2O2/c1-5-16(6-2)13(17)12(3)15-11-14(7-8-14)9-10-18-4/h12,15H,5-11H2,1-4H3. The first-order chi connectivity index (χ1) is 8.58. The van der Waals surface area contributed by atoms with Crippen LogP contribution in [0.2, 0.25) is 0 Å². The molecule has 1 amide bonds. The summed E-state index contributed by atoms with van der Waals surface area (Å²) in [5, 5.41) is 3.40.